The van der Waals surface area contributed by atoms with Gasteiger partial charge >= 0.3 is 5.97 Å². The maximum absolute atomic E-state index is 12.9. The van der Waals surface area contributed by atoms with E-state index >= 15 is 0 Å². The highest BCUT2D eigenvalue weighted by Crippen LogP contribution is 2.36. The summed E-state index contributed by atoms with van der Waals surface area (Å²) >= 11 is 0. The average molecular weight is 411 g/mol. The van der Waals surface area contributed by atoms with Crippen molar-refractivity contribution in [1.29, 1.82) is 0 Å². The molecule has 0 aromatic heterocycles. The number of carbonyl (C=O) groups is 1. The molecule has 0 amide bonds. The molecule has 0 bridgehead atoms. The second-order valence-corrected chi connectivity index (χ2v) is 9.21. The van der Waals surface area contributed by atoms with E-state index in [1.807, 2.05) is 37.3 Å². The molecule has 0 radical (unpaired) electrons. The van der Waals surface area contributed by atoms with Crippen LogP contribution in [0.1, 0.15) is 37.7 Å². The van der Waals surface area contributed by atoms with Crippen LogP contribution >= 0.6 is 0 Å². The van der Waals surface area contributed by atoms with Gasteiger partial charge in [0.25, 0.3) is 10.2 Å². The highest BCUT2D eigenvalue weighted by atomic mass is 32.2. The van der Waals surface area contributed by atoms with Gasteiger partial charge in [0.2, 0.25) is 0 Å². The fraction of sp³-hybridized carbons (Fsp3) is 0.650. The molecule has 1 atom stereocenters. The van der Waals surface area contributed by atoms with Gasteiger partial charge in [-0.1, -0.05) is 30.3 Å². The van der Waals surface area contributed by atoms with E-state index in [1.165, 1.54) is 4.31 Å². The monoisotopic (exact) mass is 410 g/mol. The van der Waals surface area contributed by atoms with Crippen molar-refractivity contribution in [1.82, 2.24) is 8.61 Å². The first-order valence-electron chi connectivity index (χ1n) is 10.1. The molecule has 0 aliphatic carbocycles. The van der Waals surface area contributed by atoms with Gasteiger partial charge < -0.3 is 9.47 Å². The van der Waals surface area contributed by atoms with Crippen LogP contribution in [0.15, 0.2) is 30.3 Å². The Labute approximate surface area is 167 Å². The molecule has 2 aliphatic heterocycles. The number of esters is 1. The lowest BCUT2D eigenvalue weighted by atomic mass is 9.78. The summed E-state index contributed by atoms with van der Waals surface area (Å²) < 4.78 is 39.3. The van der Waals surface area contributed by atoms with Crippen LogP contribution in [0.25, 0.3) is 0 Å². The van der Waals surface area contributed by atoms with Gasteiger partial charge in [0, 0.05) is 26.2 Å². The van der Waals surface area contributed by atoms with Gasteiger partial charge in [-0.25, -0.2) is 0 Å². The molecule has 2 heterocycles. The van der Waals surface area contributed by atoms with Gasteiger partial charge in [-0.3, -0.25) is 4.79 Å². The van der Waals surface area contributed by atoms with E-state index in [2.05, 4.69) is 0 Å². The van der Waals surface area contributed by atoms with Crippen LogP contribution in [0.2, 0.25) is 0 Å². The zero-order valence-electron chi connectivity index (χ0n) is 16.5. The topological polar surface area (TPSA) is 76.2 Å². The SMILES string of the molecule is CCOC(=O)CC(c1ccccc1)C1CCN(S(=O)(=O)N2CCOCC2)CC1. The Hall–Kier alpha value is -1.48. The van der Waals surface area contributed by atoms with Crippen LogP contribution in [0, 0.1) is 5.92 Å². The number of carbonyl (C=O) groups excluding carboxylic acids is 1. The third-order valence-electron chi connectivity index (χ3n) is 5.61. The molecule has 2 fully saturated rings. The van der Waals surface area contributed by atoms with Gasteiger partial charge in [-0.15, -0.1) is 0 Å². The van der Waals surface area contributed by atoms with Crippen molar-refractivity contribution in [3.05, 3.63) is 35.9 Å². The maximum Gasteiger partial charge on any atom is 0.306 e. The first-order valence-corrected chi connectivity index (χ1v) is 11.5. The van der Waals surface area contributed by atoms with Gasteiger partial charge in [0.15, 0.2) is 0 Å². The number of rotatable bonds is 7. The molecule has 156 valence electrons. The highest BCUT2D eigenvalue weighted by Gasteiger charge is 2.36. The Bertz CT molecular complexity index is 726. The molecule has 0 N–H and O–H groups in total. The molecule has 8 heteroatoms. The molecule has 0 saturated carbocycles. The molecule has 2 aliphatic rings. The largest absolute Gasteiger partial charge is 0.466 e. The smallest absolute Gasteiger partial charge is 0.306 e. The fourth-order valence-electron chi connectivity index (χ4n) is 4.11. The Morgan fingerprint density at radius 2 is 1.71 bits per heavy atom. The molecule has 1 aromatic carbocycles. The molecule has 0 spiro atoms. The number of hydrogen-bond acceptors (Lipinski definition) is 5. The molecular formula is C20H30N2O5S. The van der Waals surface area contributed by atoms with Crippen LogP contribution in [-0.4, -0.2) is 69.0 Å². The standard InChI is InChI=1S/C20H30N2O5S/c1-2-27-20(23)16-19(17-6-4-3-5-7-17)18-8-10-21(11-9-18)28(24,25)22-12-14-26-15-13-22/h3-7,18-19H,2,8-16H2,1H3. The second kappa shape index (κ2) is 9.82. The number of ether oxygens (including phenoxy) is 2. The minimum absolute atomic E-state index is 0.0495. The van der Waals surface area contributed by atoms with Crippen molar-refractivity contribution >= 4 is 16.2 Å². The zero-order valence-corrected chi connectivity index (χ0v) is 17.3. The van der Waals surface area contributed by atoms with Crippen molar-refractivity contribution in [2.45, 2.75) is 32.1 Å². The van der Waals surface area contributed by atoms with E-state index < -0.39 is 10.2 Å². The predicted octanol–water partition coefficient (Wildman–Crippen LogP) is 2.01. The van der Waals surface area contributed by atoms with E-state index in [0.717, 1.165) is 18.4 Å². The summed E-state index contributed by atoms with van der Waals surface area (Å²) in [7, 11) is -3.44. The Balaban J connectivity index is 1.67. The third kappa shape index (κ3) is 5.11. The van der Waals surface area contributed by atoms with Gasteiger partial charge in [-0.2, -0.15) is 17.0 Å². The van der Waals surface area contributed by atoms with Crippen LogP contribution in [0.4, 0.5) is 0 Å². The molecule has 7 nitrogen and oxygen atoms in total. The zero-order chi connectivity index (χ0) is 20.0. The van der Waals surface area contributed by atoms with Gasteiger partial charge in [0.05, 0.1) is 26.2 Å². The summed E-state index contributed by atoms with van der Waals surface area (Å²) in [5, 5.41) is 0. The van der Waals surface area contributed by atoms with Crippen molar-refractivity contribution in [3.8, 4) is 0 Å². The third-order valence-corrected chi connectivity index (χ3v) is 7.65. The van der Waals surface area contributed by atoms with Gasteiger partial charge in [-0.05, 0) is 37.2 Å². The van der Waals surface area contributed by atoms with Crippen LogP contribution < -0.4 is 0 Å². The minimum Gasteiger partial charge on any atom is -0.466 e. The molecule has 1 unspecified atom stereocenters. The lowest BCUT2D eigenvalue weighted by Crippen LogP contribution is -2.51. The first-order chi connectivity index (χ1) is 13.5. The van der Waals surface area contributed by atoms with Crippen LogP contribution in [0.3, 0.4) is 0 Å². The van der Waals surface area contributed by atoms with Crippen molar-refractivity contribution in [2.75, 3.05) is 46.0 Å². The van der Waals surface area contributed by atoms with E-state index in [1.54, 1.807) is 4.31 Å². The first kappa shape index (κ1) is 21.2. The number of piperidine rings is 1. The molecule has 3 rings (SSSR count). The summed E-state index contributed by atoms with van der Waals surface area (Å²) in [4.78, 5) is 12.2. The van der Waals surface area contributed by atoms with Crippen molar-refractivity contribution in [2.24, 2.45) is 5.92 Å². The van der Waals surface area contributed by atoms with Crippen LogP contribution in [0.5, 0.6) is 0 Å². The summed E-state index contributed by atoms with van der Waals surface area (Å²) in [6.07, 6.45) is 1.81. The quantitative estimate of drug-likeness (QED) is 0.643. The van der Waals surface area contributed by atoms with Gasteiger partial charge in [0.1, 0.15) is 0 Å². The van der Waals surface area contributed by atoms with E-state index in [-0.39, 0.29) is 17.8 Å². The Morgan fingerprint density at radius 1 is 1.11 bits per heavy atom. The predicted molar refractivity (Wildman–Crippen MR) is 106 cm³/mol. The second-order valence-electron chi connectivity index (χ2n) is 7.28. The molecule has 1 aromatic rings. The Kier molecular flexibility index (Phi) is 7.45. The van der Waals surface area contributed by atoms with E-state index in [4.69, 9.17) is 9.47 Å². The molecule has 28 heavy (non-hydrogen) atoms. The minimum atomic E-state index is -3.44. The Morgan fingerprint density at radius 3 is 2.32 bits per heavy atom. The highest BCUT2D eigenvalue weighted by molar-refractivity contribution is 7.86. The number of benzene rings is 1. The summed E-state index contributed by atoms with van der Waals surface area (Å²) in [6.45, 7) is 4.88. The normalized spacial score (nSPS) is 21.3. The van der Waals surface area contributed by atoms with Crippen molar-refractivity contribution < 1.29 is 22.7 Å². The van der Waals surface area contributed by atoms with Crippen LogP contribution in [-0.2, 0) is 24.5 Å². The molecule has 2 saturated heterocycles. The lowest BCUT2D eigenvalue weighted by Gasteiger charge is -2.38. The number of hydrogen-bond donors (Lipinski definition) is 0. The number of nitrogens with zero attached hydrogens (tertiary/aromatic N) is 2. The van der Waals surface area contributed by atoms with E-state index in [9.17, 15) is 13.2 Å². The summed E-state index contributed by atoms with van der Waals surface area (Å²) in [6, 6.07) is 10.0. The van der Waals surface area contributed by atoms with E-state index in [0.29, 0.717) is 52.4 Å². The molecular weight excluding hydrogens is 380 g/mol. The summed E-state index contributed by atoms with van der Waals surface area (Å²) in [5.74, 6) is 0.108. The average Bonchev–Trinajstić information content (AvgIpc) is 2.74. The maximum atomic E-state index is 12.9. The fourth-order valence-corrected chi connectivity index (χ4v) is 5.72. The lowest BCUT2D eigenvalue weighted by molar-refractivity contribution is -0.144. The van der Waals surface area contributed by atoms with Crippen molar-refractivity contribution in [3.63, 3.8) is 0 Å². The summed E-state index contributed by atoms with van der Waals surface area (Å²) in [5.41, 5.74) is 1.12. The number of morpholine rings is 1.